The normalized spacial score (nSPS) is 17.9. The average molecular weight is 274 g/mol. The van der Waals surface area contributed by atoms with Gasteiger partial charge >= 0.3 is 5.97 Å². The predicted octanol–water partition coefficient (Wildman–Crippen LogP) is 2.36. The van der Waals surface area contributed by atoms with E-state index in [9.17, 15) is 9.59 Å². The summed E-state index contributed by atoms with van der Waals surface area (Å²) >= 11 is 0. The van der Waals surface area contributed by atoms with E-state index in [-0.39, 0.29) is 5.78 Å². The fourth-order valence-corrected chi connectivity index (χ4v) is 2.65. The first kappa shape index (κ1) is 12.7. The van der Waals surface area contributed by atoms with Crippen molar-refractivity contribution in [3.63, 3.8) is 0 Å². The van der Waals surface area contributed by atoms with Crippen LogP contribution in [0.3, 0.4) is 0 Å². The lowest BCUT2D eigenvalue weighted by Crippen LogP contribution is -2.29. The molecule has 20 heavy (non-hydrogen) atoms. The first-order chi connectivity index (χ1) is 9.65. The number of carbonyl (C=O) groups excluding carboxylic acids is 2. The summed E-state index contributed by atoms with van der Waals surface area (Å²) in [6.07, 6.45) is 0.979. The Morgan fingerprint density at radius 3 is 2.85 bits per heavy atom. The summed E-state index contributed by atoms with van der Waals surface area (Å²) in [5, 5.41) is 0.722. The molecule has 1 aliphatic rings. The van der Waals surface area contributed by atoms with E-state index in [0.29, 0.717) is 35.5 Å². The van der Waals surface area contributed by atoms with Gasteiger partial charge in [0.2, 0.25) is 0 Å². The molecule has 1 aromatic carbocycles. The number of hydrogen-bond donors (Lipinski definition) is 0. The van der Waals surface area contributed by atoms with Crippen LogP contribution in [-0.2, 0) is 16.0 Å². The van der Waals surface area contributed by atoms with Crippen molar-refractivity contribution in [3.8, 4) is 5.75 Å². The number of carbonyl (C=O) groups is 2. The zero-order valence-electron chi connectivity index (χ0n) is 11.3. The third-order valence-electron chi connectivity index (χ3n) is 3.68. The molecule has 0 spiro atoms. The molecule has 1 heterocycles. The molecule has 1 aliphatic carbocycles. The summed E-state index contributed by atoms with van der Waals surface area (Å²) < 4.78 is 15.5. The molecule has 5 nitrogen and oxygen atoms in total. The molecule has 0 bridgehead atoms. The molecule has 5 heteroatoms. The van der Waals surface area contributed by atoms with Crippen LogP contribution in [0.4, 0.5) is 0 Å². The molecule has 0 saturated carbocycles. The second-order valence-electron chi connectivity index (χ2n) is 4.74. The predicted molar refractivity (Wildman–Crippen MR) is 70.9 cm³/mol. The molecule has 1 atom stereocenters. The van der Waals surface area contributed by atoms with Crippen LogP contribution in [0.25, 0.3) is 11.0 Å². The van der Waals surface area contributed by atoms with E-state index in [1.54, 1.807) is 25.3 Å². The Hall–Kier alpha value is -2.30. The van der Waals surface area contributed by atoms with Crippen LogP contribution in [0.15, 0.2) is 22.6 Å². The van der Waals surface area contributed by atoms with Crippen LogP contribution >= 0.6 is 0 Å². The Morgan fingerprint density at radius 1 is 1.35 bits per heavy atom. The number of fused-ring (bicyclic) bond motifs is 3. The summed E-state index contributed by atoms with van der Waals surface area (Å²) in [6.45, 7) is 0. The maximum atomic E-state index is 12.5. The quantitative estimate of drug-likeness (QED) is 0.621. The summed E-state index contributed by atoms with van der Waals surface area (Å²) in [4.78, 5) is 24.1. The van der Waals surface area contributed by atoms with Crippen molar-refractivity contribution in [3.05, 3.63) is 29.5 Å². The molecule has 0 aliphatic heterocycles. The second kappa shape index (κ2) is 4.67. The van der Waals surface area contributed by atoms with Gasteiger partial charge in [0, 0.05) is 17.9 Å². The number of rotatable bonds is 2. The highest BCUT2D eigenvalue weighted by Crippen LogP contribution is 2.35. The number of ketones is 1. The maximum absolute atomic E-state index is 12.5. The van der Waals surface area contributed by atoms with Gasteiger partial charge in [0.15, 0.2) is 5.78 Å². The standard InChI is InChI=1S/C15H14O5/c1-18-8-3-4-9-12(7-8)20-11-6-5-10(15(17)19-2)14(16)13(9)11/h3-4,7,10H,5-6H2,1-2H3. The molecule has 0 fully saturated rings. The largest absolute Gasteiger partial charge is 0.497 e. The molecule has 0 amide bonds. The van der Waals surface area contributed by atoms with E-state index in [1.165, 1.54) is 7.11 Å². The van der Waals surface area contributed by atoms with Gasteiger partial charge in [-0.3, -0.25) is 9.59 Å². The van der Waals surface area contributed by atoms with E-state index in [1.807, 2.05) is 0 Å². The summed E-state index contributed by atoms with van der Waals surface area (Å²) in [7, 11) is 2.87. The summed E-state index contributed by atoms with van der Waals surface area (Å²) in [5.41, 5.74) is 1.11. The number of ether oxygens (including phenoxy) is 2. The molecular formula is C15H14O5. The molecule has 2 aromatic rings. The Bertz CT molecular complexity index is 698. The van der Waals surface area contributed by atoms with Crippen molar-refractivity contribution in [2.45, 2.75) is 12.8 Å². The van der Waals surface area contributed by atoms with Crippen molar-refractivity contribution >= 4 is 22.7 Å². The molecular weight excluding hydrogens is 260 g/mol. The summed E-state index contributed by atoms with van der Waals surface area (Å²) in [5.74, 6) is -0.125. The molecule has 0 saturated heterocycles. The van der Waals surface area contributed by atoms with Gasteiger partial charge in [-0.2, -0.15) is 0 Å². The van der Waals surface area contributed by atoms with Crippen molar-refractivity contribution in [2.24, 2.45) is 5.92 Å². The van der Waals surface area contributed by atoms with Crippen LogP contribution in [0.1, 0.15) is 22.5 Å². The Balaban J connectivity index is 2.12. The second-order valence-corrected chi connectivity index (χ2v) is 4.74. The smallest absolute Gasteiger partial charge is 0.316 e. The van der Waals surface area contributed by atoms with E-state index in [4.69, 9.17) is 9.15 Å². The van der Waals surface area contributed by atoms with Crippen molar-refractivity contribution < 1.29 is 23.5 Å². The van der Waals surface area contributed by atoms with Gasteiger partial charge in [-0.15, -0.1) is 0 Å². The third kappa shape index (κ3) is 1.78. The lowest BCUT2D eigenvalue weighted by Gasteiger charge is -2.17. The SMILES string of the molecule is COC(=O)C1CCc2oc3cc(OC)ccc3c2C1=O. The van der Waals surface area contributed by atoms with Crippen molar-refractivity contribution in [1.29, 1.82) is 0 Å². The van der Waals surface area contributed by atoms with Crippen LogP contribution in [-0.4, -0.2) is 26.0 Å². The first-order valence-corrected chi connectivity index (χ1v) is 6.37. The van der Waals surface area contributed by atoms with Gasteiger partial charge in [0.05, 0.1) is 19.8 Å². The maximum Gasteiger partial charge on any atom is 0.316 e. The van der Waals surface area contributed by atoms with Crippen LogP contribution < -0.4 is 4.74 Å². The fraction of sp³-hybridized carbons (Fsp3) is 0.333. The average Bonchev–Trinajstić information content (AvgIpc) is 2.84. The number of benzene rings is 1. The number of esters is 1. The number of aryl methyl sites for hydroxylation is 1. The lowest BCUT2D eigenvalue weighted by molar-refractivity contribution is -0.143. The number of methoxy groups -OCH3 is 2. The fourth-order valence-electron chi connectivity index (χ4n) is 2.65. The van der Waals surface area contributed by atoms with Gasteiger partial charge in [0.25, 0.3) is 0 Å². The molecule has 1 aromatic heterocycles. The number of hydrogen-bond acceptors (Lipinski definition) is 5. The van der Waals surface area contributed by atoms with Gasteiger partial charge in [-0.25, -0.2) is 0 Å². The van der Waals surface area contributed by atoms with Crippen molar-refractivity contribution in [1.82, 2.24) is 0 Å². The Labute approximate surface area is 115 Å². The van der Waals surface area contributed by atoms with Gasteiger partial charge < -0.3 is 13.9 Å². The minimum atomic E-state index is -0.726. The zero-order valence-corrected chi connectivity index (χ0v) is 11.3. The van der Waals surface area contributed by atoms with E-state index < -0.39 is 11.9 Å². The van der Waals surface area contributed by atoms with Gasteiger partial charge in [0.1, 0.15) is 23.0 Å². The first-order valence-electron chi connectivity index (χ1n) is 6.37. The highest BCUT2D eigenvalue weighted by molar-refractivity contribution is 6.16. The van der Waals surface area contributed by atoms with Crippen LogP contribution in [0.5, 0.6) is 5.75 Å². The highest BCUT2D eigenvalue weighted by Gasteiger charge is 2.37. The zero-order chi connectivity index (χ0) is 14.3. The van der Waals surface area contributed by atoms with E-state index in [2.05, 4.69) is 4.74 Å². The van der Waals surface area contributed by atoms with Gasteiger partial charge in [-0.05, 0) is 18.6 Å². The lowest BCUT2D eigenvalue weighted by atomic mass is 9.85. The minimum absolute atomic E-state index is 0.220. The topological polar surface area (TPSA) is 65.7 Å². The Morgan fingerprint density at radius 2 is 2.15 bits per heavy atom. The van der Waals surface area contributed by atoms with E-state index in [0.717, 1.165) is 5.39 Å². The van der Waals surface area contributed by atoms with E-state index >= 15 is 0 Å². The Kier molecular flexibility index (Phi) is 2.97. The molecule has 1 unspecified atom stereocenters. The number of Topliss-reactive ketones (excluding diaryl/α,β-unsaturated/α-hetero) is 1. The monoisotopic (exact) mass is 274 g/mol. The molecule has 3 rings (SSSR count). The van der Waals surface area contributed by atoms with Gasteiger partial charge in [-0.1, -0.05) is 0 Å². The number of furan rings is 1. The minimum Gasteiger partial charge on any atom is -0.497 e. The molecule has 104 valence electrons. The third-order valence-corrected chi connectivity index (χ3v) is 3.68. The van der Waals surface area contributed by atoms with Crippen LogP contribution in [0, 0.1) is 5.92 Å². The highest BCUT2D eigenvalue weighted by atomic mass is 16.5. The van der Waals surface area contributed by atoms with Crippen LogP contribution in [0.2, 0.25) is 0 Å². The van der Waals surface area contributed by atoms with Crippen molar-refractivity contribution in [2.75, 3.05) is 14.2 Å². The summed E-state index contributed by atoms with van der Waals surface area (Å²) in [6, 6.07) is 5.30. The molecule has 0 radical (unpaired) electrons. The molecule has 0 N–H and O–H groups in total.